The third kappa shape index (κ3) is 5.61. The van der Waals surface area contributed by atoms with E-state index < -0.39 is 21.7 Å². The zero-order valence-electron chi connectivity index (χ0n) is 14.7. The topological polar surface area (TPSA) is 127 Å². The third-order valence-electron chi connectivity index (χ3n) is 3.21. The van der Waals surface area contributed by atoms with Gasteiger partial charge in [-0.2, -0.15) is 0 Å². The number of hydrogen-bond donors (Lipinski definition) is 2. The van der Waals surface area contributed by atoms with Crippen LogP contribution < -0.4 is 10.0 Å². The summed E-state index contributed by atoms with van der Waals surface area (Å²) in [6.45, 7) is 3.28. The summed E-state index contributed by atoms with van der Waals surface area (Å²) < 4.78 is 31.8. The zero-order valence-corrected chi connectivity index (χ0v) is 15.5. The first-order valence-corrected chi connectivity index (χ1v) is 9.35. The maximum atomic E-state index is 12.3. The molecule has 0 spiro atoms. The van der Waals surface area contributed by atoms with E-state index in [1.54, 1.807) is 13.0 Å². The number of benzene rings is 1. The lowest BCUT2D eigenvalue weighted by molar-refractivity contribution is -0.119. The van der Waals surface area contributed by atoms with Gasteiger partial charge in [-0.25, -0.2) is 23.1 Å². The minimum Gasteiger partial charge on any atom is -0.501 e. The third-order valence-corrected chi connectivity index (χ3v) is 4.55. The molecule has 2 rings (SSSR count). The van der Waals surface area contributed by atoms with Gasteiger partial charge >= 0.3 is 0 Å². The molecule has 27 heavy (non-hydrogen) atoms. The number of rotatable bonds is 8. The van der Waals surface area contributed by atoms with Crippen molar-refractivity contribution in [2.45, 2.75) is 18.7 Å². The minimum absolute atomic E-state index is 0.0374. The van der Waals surface area contributed by atoms with Gasteiger partial charge in [-0.1, -0.05) is 0 Å². The maximum absolute atomic E-state index is 12.3. The fourth-order valence-electron chi connectivity index (χ4n) is 1.91. The van der Waals surface area contributed by atoms with E-state index >= 15 is 0 Å². The van der Waals surface area contributed by atoms with E-state index in [-0.39, 0.29) is 16.4 Å². The number of amides is 1. The van der Waals surface area contributed by atoms with Gasteiger partial charge in [-0.15, -0.1) is 0 Å². The molecule has 0 radical (unpaired) electrons. The largest absolute Gasteiger partial charge is 0.501 e. The van der Waals surface area contributed by atoms with Crippen LogP contribution in [0.5, 0.6) is 0 Å². The summed E-state index contributed by atoms with van der Waals surface area (Å²) in [5.74, 6) is -1.16. The maximum Gasteiger partial charge on any atom is 0.264 e. The molecule has 1 aromatic carbocycles. The van der Waals surface area contributed by atoms with Crippen LogP contribution in [0.2, 0.25) is 0 Å². The Morgan fingerprint density at radius 2 is 1.78 bits per heavy atom. The van der Waals surface area contributed by atoms with Crippen molar-refractivity contribution in [1.82, 2.24) is 9.97 Å². The Balaban J connectivity index is 2.12. The van der Waals surface area contributed by atoms with Crippen LogP contribution in [0.4, 0.5) is 11.6 Å². The second-order valence-electron chi connectivity index (χ2n) is 5.20. The summed E-state index contributed by atoms with van der Waals surface area (Å²) in [7, 11) is -3.87. The number of carbonyl (C=O) groups excluding carboxylic acids is 2. The zero-order chi connectivity index (χ0) is 19.9. The van der Waals surface area contributed by atoms with Gasteiger partial charge in [0.2, 0.25) is 5.95 Å². The molecule has 0 aliphatic heterocycles. The predicted octanol–water partition coefficient (Wildman–Crippen LogP) is 1.73. The predicted molar refractivity (Wildman–Crippen MR) is 98.3 cm³/mol. The fraction of sp³-hybridized carbons (Fsp3) is 0.176. The highest BCUT2D eigenvalue weighted by atomic mass is 32.2. The standard InChI is InChI=1S/C17H18N4O5S/c1-3-26-11-15(12(2)22)16(23)20-13-5-7-14(8-6-13)27(24,25)21-17-18-9-4-10-19-17/h4-11H,3H2,1-2H3,(H,20,23)(H,18,19,21)/b15-11+. The van der Waals surface area contributed by atoms with Gasteiger partial charge in [0.05, 0.1) is 17.8 Å². The number of Topliss-reactive ketones (excluding diaryl/α,β-unsaturated/α-hetero) is 1. The molecule has 2 aromatic rings. The lowest BCUT2D eigenvalue weighted by Gasteiger charge is -2.09. The van der Waals surface area contributed by atoms with Crippen molar-refractivity contribution in [3.05, 3.63) is 54.6 Å². The molecule has 0 fully saturated rings. The monoisotopic (exact) mass is 390 g/mol. The number of anilines is 2. The van der Waals surface area contributed by atoms with E-state index in [1.165, 1.54) is 43.6 Å². The van der Waals surface area contributed by atoms with Crippen LogP contribution >= 0.6 is 0 Å². The summed E-state index contributed by atoms with van der Waals surface area (Å²) in [6, 6.07) is 6.97. The molecule has 0 saturated heterocycles. The molecule has 0 bridgehead atoms. The molecule has 142 valence electrons. The Morgan fingerprint density at radius 1 is 1.15 bits per heavy atom. The number of nitrogens with zero attached hydrogens (tertiary/aromatic N) is 2. The van der Waals surface area contributed by atoms with Crippen molar-refractivity contribution in [2.75, 3.05) is 16.6 Å². The first kappa shape index (κ1) is 20.0. The van der Waals surface area contributed by atoms with Crippen LogP contribution in [-0.4, -0.2) is 36.7 Å². The average Bonchev–Trinajstić information content (AvgIpc) is 2.62. The molecule has 0 aliphatic rings. The smallest absolute Gasteiger partial charge is 0.264 e. The molecule has 10 heteroatoms. The van der Waals surface area contributed by atoms with Crippen LogP contribution in [0, 0.1) is 0 Å². The number of sulfonamides is 1. The SMILES string of the molecule is CCO/C=C(\C(C)=O)C(=O)Nc1ccc(S(=O)(=O)Nc2ncccn2)cc1. The Bertz CT molecular complexity index is 941. The highest BCUT2D eigenvalue weighted by Crippen LogP contribution is 2.17. The Kier molecular flexibility index (Phi) is 6.61. The molecule has 1 heterocycles. The number of aromatic nitrogens is 2. The van der Waals surface area contributed by atoms with Crippen LogP contribution in [-0.2, 0) is 24.3 Å². The Morgan fingerprint density at radius 3 is 2.33 bits per heavy atom. The number of hydrogen-bond acceptors (Lipinski definition) is 7. The Hall–Kier alpha value is -3.27. The van der Waals surface area contributed by atoms with Crippen LogP contribution in [0.1, 0.15) is 13.8 Å². The fourth-order valence-corrected chi connectivity index (χ4v) is 2.87. The van der Waals surface area contributed by atoms with Gasteiger partial charge < -0.3 is 10.1 Å². The minimum atomic E-state index is -3.87. The molecule has 9 nitrogen and oxygen atoms in total. The highest BCUT2D eigenvalue weighted by molar-refractivity contribution is 7.92. The average molecular weight is 390 g/mol. The van der Waals surface area contributed by atoms with Crippen LogP contribution in [0.15, 0.2) is 59.5 Å². The molecule has 1 aromatic heterocycles. The lowest BCUT2D eigenvalue weighted by Crippen LogP contribution is -2.19. The molecular formula is C17H18N4O5S. The molecule has 2 N–H and O–H groups in total. The highest BCUT2D eigenvalue weighted by Gasteiger charge is 2.17. The van der Waals surface area contributed by atoms with Gasteiger partial charge in [0, 0.05) is 18.1 Å². The summed E-state index contributed by atoms with van der Waals surface area (Å²) >= 11 is 0. The van der Waals surface area contributed by atoms with E-state index in [0.717, 1.165) is 6.26 Å². The molecule has 0 aliphatic carbocycles. The van der Waals surface area contributed by atoms with Gasteiger partial charge in [-0.05, 0) is 44.2 Å². The lowest BCUT2D eigenvalue weighted by atomic mass is 10.2. The first-order valence-electron chi connectivity index (χ1n) is 7.87. The molecule has 0 saturated carbocycles. The van der Waals surface area contributed by atoms with Crippen molar-refractivity contribution in [2.24, 2.45) is 0 Å². The van der Waals surface area contributed by atoms with Crippen molar-refractivity contribution in [1.29, 1.82) is 0 Å². The summed E-state index contributed by atoms with van der Waals surface area (Å²) in [5, 5.41) is 2.51. The summed E-state index contributed by atoms with van der Waals surface area (Å²) in [4.78, 5) is 31.2. The van der Waals surface area contributed by atoms with E-state index in [4.69, 9.17) is 4.74 Å². The molecular weight excluding hydrogens is 372 g/mol. The van der Waals surface area contributed by atoms with E-state index in [9.17, 15) is 18.0 Å². The van der Waals surface area contributed by atoms with Crippen molar-refractivity contribution >= 4 is 33.3 Å². The summed E-state index contributed by atoms with van der Waals surface area (Å²) in [6.07, 6.45) is 3.91. The summed E-state index contributed by atoms with van der Waals surface area (Å²) in [5.41, 5.74) is 0.176. The molecule has 0 atom stereocenters. The number of ether oxygens (including phenoxy) is 1. The quantitative estimate of drug-likeness (QED) is 0.304. The first-order chi connectivity index (χ1) is 12.8. The van der Waals surface area contributed by atoms with E-state index in [1.807, 2.05) is 0 Å². The van der Waals surface area contributed by atoms with E-state index in [2.05, 4.69) is 20.0 Å². The Labute approximate surface area is 156 Å². The normalized spacial score (nSPS) is 11.6. The molecule has 1 amide bonds. The van der Waals surface area contributed by atoms with Crippen molar-refractivity contribution < 1.29 is 22.7 Å². The van der Waals surface area contributed by atoms with Crippen LogP contribution in [0.25, 0.3) is 0 Å². The van der Waals surface area contributed by atoms with Gasteiger partial charge in [0.1, 0.15) is 5.57 Å². The van der Waals surface area contributed by atoms with Gasteiger partial charge in [0.25, 0.3) is 15.9 Å². The van der Waals surface area contributed by atoms with Gasteiger partial charge in [0.15, 0.2) is 5.78 Å². The van der Waals surface area contributed by atoms with Crippen molar-refractivity contribution in [3.8, 4) is 0 Å². The number of ketones is 1. The van der Waals surface area contributed by atoms with E-state index in [0.29, 0.717) is 12.3 Å². The van der Waals surface area contributed by atoms with Crippen molar-refractivity contribution in [3.63, 3.8) is 0 Å². The van der Waals surface area contributed by atoms with Gasteiger partial charge in [-0.3, -0.25) is 9.59 Å². The number of carbonyl (C=O) groups is 2. The number of nitrogens with one attached hydrogen (secondary N) is 2. The van der Waals surface area contributed by atoms with Crippen LogP contribution in [0.3, 0.4) is 0 Å². The second kappa shape index (κ2) is 8.90. The molecule has 0 unspecified atom stereocenters. The second-order valence-corrected chi connectivity index (χ2v) is 6.88.